The zero-order valence-corrected chi connectivity index (χ0v) is 18.5. The van der Waals surface area contributed by atoms with Crippen molar-refractivity contribution in [2.75, 3.05) is 38.0 Å². The number of hydrogen-bond acceptors (Lipinski definition) is 8. The van der Waals surface area contributed by atoms with Crippen LogP contribution in [0.4, 0.5) is 11.6 Å². The van der Waals surface area contributed by atoms with Crippen molar-refractivity contribution in [1.29, 1.82) is 0 Å². The number of carbonyl (C=O) groups excluding carboxylic acids is 1. The quantitative estimate of drug-likeness (QED) is 0.372. The van der Waals surface area contributed by atoms with Crippen molar-refractivity contribution >= 4 is 17.5 Å². The normalized spacial score (nSPS) is 14.9. The van der Waals surface area contributed by atoms with E-state index in [0.717, 1.165) is 51.7 Å². The van der Waals surface area contributed by atoms with Crippen LogP contribution in [0.2, 0.25) is 0 Å². The third-order valence-corrected chi connectivity index (χ3v) is 5.58. The molecule has 2 aromatic rings. The van der Waals surface area contributed by atoms with Crippen LogP contribution in [0.15, 0.2) is 35.4 Å². The minimum Gasteiger partial charge on any atom is -0.352 e. The maximum Gasteiger partial charge on any atom is 0.349 e. The molecule has 0 spiro atoms. The number of nitrogens with two attached hydrogens (primary N) is 2. The second-order valence-corrected chi connectivity index (χ2v) is 8.13. The highest BCUT2D eigenvalue weighted by atomic mass is 16.2. The van der Waals surface area contributed by atoms with Crippen LogP contribution in [-0.2, 0) is 6.54 Å². The summed E-state index contributed by atoms with van der Waals surface area (Å²) in [5.41, 5.74) is 11.5. The number of aryl methyl sites for hydroxylation is 1. The topological polar surface area (TPSA) is 144 Å². The first-order valence-electron chi connectivity index (χ1n) is 11.3. The van der Waals surface area contributed by atoms with Gasteiger partial charge in [-0.3, -0.25) is 9.36 Å². The van der Waals surface area contributed by atoms with Gasteiger partial charge >= 0.3 is 5.69 Å². The third kappa shape index (κ3) is 7.40. The minimum atomic E-state index is -0.296. The van der Waals surface area contributed by atoms with Crippen LogP contribution < -0.4 is 27.8 Å². The Hall–Kier alpha value is -2.82. The van der Waals surface area contributed by atoms with Crippen LogP contribution in [0, 0.1) is 0 Å². The van der Waals surface area contributed by atoms with Gasteiger partial charge in [-0.15, -0.1) is 0 Å². The molecule has 32 heavy (non-hydrogen) atoms. The lowest BCUT2D eigenvalue weighted by molar-refractivity contribution is 0.0953. The second-order valence-electron chi connectivity index (χ2n) is 8.13. The molecule has 174 valence electrons. The Labute approximate surface area is 188 Å². The molecule has 0 radical (unpaired) electrons. The summed E-state index contributed by atoms with van der Waals surface area (Å²) in [5.74, 6) is 0.736. The summed E-state index contributed by atoms with van der Waals surface area (Å²) in [6, 6.07) is 5.45. The fraction of sp³-hybridized carbons (Fsp3) is 0.545. The number of anilines is 2. The van der Waals surface area contributed by atoms with E-state index < -0.39 is 0 Å². The number of piperidine rings is 1. The van der Waals surface area contributed by atoms with Crippen molar-refractivity contribution in [3.8, 4) is 0 Å². The van der Waals surface area contributed by atoms with Crippen molar-refractivity contribution in [2.45, 2.75) is 44.7 Å². The van der Waals surface area contributed by atoms with Gasteiger partial charge in [-0.1, -0.05) is 0 Å². The molecular formula is C22H34N8O2. The lowest BCUT2D eigenvalue weighted by Crippen LogP contribution is -2.40. The van der Waals surface area contributed by atoms with Crippen LogP contribution in [0.5, 0.6) is 0 Å². The molecule has 0 aromatic carbocycles. The third-order valence-electron chi connectivity index (χ3n) is 5.58. The molecule has 1 saturated heterocycles. The van der Waals surface area contributed by atoms with E-state index in [0.29, 0.717) is 42.9 Å². The van der Waals surface area contributed by atoms with Crippen molar-refractivity contribution < 1.29 is 4.79 Å². The summed E-state index contributed by atoms with van der Waals surface area (Å²) in [6.45, 7) is 4.88. The number of unbranched alkanes of at least 4 members (excludes halogenated alkanes) is 1. The van der Waals surface area contributed by atoms with Crippen LogP contribution >= 0.6 is 0 Å². The average molecular weight is 443 g/mol. The molecule has 3 heterocycles. The summed E-state index contributed by atoms with van der Waals surface area (Å²) in [5, 5.41) is 5.78. The smallest absolute Gasteiger partial charge is 0.349 e. The number of carbonyl (C=O) groups is 1. The number of rotatable bonds is 11. The fourth-order valence-corrected chi connectivity index (χ4v) is 3.60. The van der Waals surface area contributed by atoms with Crippen molar-refractivity contribution in [3.63, 3.8) is 0 Å². The summed E-state index contributed by atoms with van der Waals surface area (Å²) < 4.78 is 1.62. The maximum absolute atomic E-state index is 12.3. The molecule has 1 aliphatic rings. The summed E-state index contributed by atoms with van der Waals surface area (Å²) in [7, 11) is 0. The molecule has 0 bridgehead atoms. The van der Waals surface area contributed by atoms with E-state index in [9.17, 15) is 9.59 Å². The molecule has 2 aromatic heterocycles. The number of hydrogen-bond donors (Lipinski definition) is 4. The number of likely N-dealkylation sites (tertiary alicyclic amines) is 1. The standard InChI is InChI=1S/C22H34N8O2/c23-9-3-10-25-21(31)17-4-5-19(26-16-17)27-20-8-15-30(22(32)28-20)12-2-1-11-29-13-6-18(24)7-14-29/h4-5,8,15-16,18H,1-3,6-7,9-14,23-24H2,(H,25,31)(H,26,27,28,32). The van der Waals surface area contributed by atoms with Crippen LogP contribution in [0.1, 0.15) is 42.5 Å². The first kappa shape index (κ1) is 23.8. The van der Waals surface area contributed by atoms with Crippen LogP contribution in [0.25, 0.3) is 0 Å². The molecule has 6 N–H and O–H groups in total. The number of nitrogens with one attached hydrogen (secondary N) is 2. The largest absolute Gasteiger partial charge is 0.352 e. The van der Waals surface area contributed by atoms with Gasteiger partial charge in [-0.2, -0.15) is 4.98 Å². The Morgan fingerprint density at radius 2 is 1.88 bits per heavy atom. The molecule has 10 heteroatoms. The molecule has 0 aliphatic carbocycles. The molecule has 3 rings (SSSR count). The van der Waals surface area contributed by atoms with Gasteiger partial charge in [0.2, 0.25) is 0 Å². The Bertz CT molecular complexity index is 907. The van der Waals surface area contributed by atoms with Gasteiger partial charge in [0.1, 0.15) is 11.6 Å². The van der Waals surface area contributed by atoms with E-state index in [1.54, 1.807) is 29.0 Å². The predicted octanol–water partition coefficient (Wildman–Crippen LogP) is 0.664. The fourth-order valence-electron chi connectivity index (χ4n) is 3.60. The van der Waals surface area contributed by atoms with Gasteiger partial charge in [-0.25, -0.2) is 9.78 Å². The van der Waals surface area contributed by atoms with E-state index >= 15 is 0 Å². The molecule has 10 nitrogen and oxygen atoms in total. The Kier molecular flexibility index (Phi) is 9.14. The Morgan fingerprint density at radius 3 is 2.56 bits per heavy atom. The molecule has 1 amide bonds. The van der Waals surface area contributed by atoms with Gasteiger partial charge < -0.3 is 27.0 Å². The monoisotopic (exact) mass is 442 g/mol. The first-order valence-corrected chi connectivity index (χ1v) is 11.3. The van der Waals surface area contributed by atoms with Crippen molar-refractivity contribution in [3.05, 3.63) is 46.6 Å². The molecule has 1 fully saturated rings. The van der Waals surface area contributed by atoms with E-state index in [1.807, 2.05) is 0 Å². The predicted molar refractivity (Wildman–Crippen MR) is 125 cm³/mol. The van der Waals surface area contributed by atoms with E-state index in [-0.39, 0.29) is 11.6 Å². The number of aromatic nitrogens is 3. The van der Waals surface area contributed by atoms with Gasteiger partial charge in [-0.05, 0) is 76.5 Å². The molecule has 0 unspecified atom stereocenters. The SMILES string of the molecule is NCCCNC(=O)c1ccc(Nc2ccn(CCCCN3CCC(N)CC3)c(=O)n2)nc1. The molecule has 1 aliphatic heterocycles. The number of pyridine rings is 1. The van der Waals surface area contributed by atoms with E-state index in [2.05, 4.69) is 25.5 Å². The van der Waals surface area contributed by atoms with Gasteiger partial charge in [0, 0.05) is 31.5 Å². The Balaban J connectivity index is 1.44. The highest BCUT2D eigenvalue weighted by Crippen LogP contribution is 2.12. The summed E-state index contributed by atoms with van der Waals surface area (Å²) >= 11 is 0. The number of nitrogens with zero attached hydrogens (tertiary/aromatic N) is 4. The lowest BCUT2D eigenvalue weighted by atomic mass is 10.1. The Morgan fingerprint density at radius 1 is 1.09 bits per heavy atom. The highest BCUT2D eigenvalue weighted by molar-refractivity contribution is 5.94. The van der Waals surface area contributed by atoms with Crippen molar-refractivity contribution in [2.24, 2.45) is 11.5 Å². The maximum atomic E-state index is 12.3. The highest BCUT2D eigenvalue weighted by Gasteiger charge is 2.15. The average Bonchev–Trinajstić information content (AvgIpc) is 2.80. The zero-order valence-electron chi connectivity index (χ0n) is 18.5. The molecule has 0 atom stereocenters. The first-order chi connectivity index (χ1) is 15.5. The van der Waals surface area contributed by atoms with Gasteiger partial charge in [0.25, 0.3) is 5.91 Å². The summed E-state index contributed by atoms with van der Waals surface area (Å²) in [4.78, 5) is 35.1. The van der Waals surface area contributed by atoms with Gasteiger partial charge in [0.15, 0.2) is 0 Å². The van der Waals surface area contributed by atoms with Gasteiger partial charge in [0.05, 0.1) is 5.56 Å². The number of amides is 1. The van der Waals surface area contributed by atoms with Crippen molar-refractivity contribution in [1.82, 2.24) is 24.8 Å². The zero-order chi connectivity index (χ0) is 22.8. The minimum absolute atomic E-state index is 0.193. The molecular weight excluding hydrogens is 408 g/mol. The summed E-state index contributed by atoms with van der Waals surface area (Å²) in [6.07, 6.45) is 8.05. The van der Waals surface area contributed by atoms with Crippen LogP contribution in [0.3, 0.4) is 0 Å². The van der Waals surface area contributed by atoms with E-state index in [1.165, 1.54) is 6.20 Å². The second kappa shape index (κ2) is 12.3. The lowest BCUT2D eigenvalue weighted by Gasteiger charge is -2.29. The van der Waals surface area contributed by atoms with Crippen LogP contribution in [-0.4, -0.2) is 64.1 Å². The van der Waals surface area contributed by atoms with E-state index in [4.69, 9.17) is 11.5 Å². The molecule has 0 saturated carbocycles.